The number of hydrogen-bond donors (Lipinski definition) is 0. The van der Waals surface area contributed by atoms with E-state index in [2.05, 4.69) is 91.0 Å². The molecule has 0 amide bonds. The van der Waals surface area contributed by atoms with Crippen LogP contribution in [0.3, 0.4) is 0 Å². The Morgan fingerprint density at radius 2 is 0.780 bits per heavy atom. The lowest BCUT2D eigenvalue weighted by atomic mass is 9.91. The molecule has 0 aliphatic rings. The van der Waals surface area contributed by atoms with Crippen LogP contribution < -0.4 is 0 Å². The van der Waals surface area contributed by atoms with Crippen LogP contribution in [0.2, 0.25) is 0 Å². The fraction of sp³-hybridized carbons (Fsp3) is 0. The van der Waals surface area contributed by atoms with Crippen molar-refractivity contribution in [1.82, 2.24) is 15.0 Å². The normalized spacial score (nSPS) is 11.6. The average Bonchev–Trinajstić information content (AvgIpc) is 3.77. The Morgan fingerprint density at radius 3 is 1.56 bits per heavy atom. The van der Waals surface area contributed by atoms with Gasteiger partial charge in [0.2, 0.25) is 0 Å². The van der Waals surface area contributed by atoms with Gasteiger partial charge < -0.3 is 8.83 Å². The minimum absolute atomic E-state index is 0.533. The lowest BCUT2D eigenvalue weighted by molar-refractivity contribution is 0.668. The van der Waals surface area contributed by atoms with Crippen LogP contribution in [0.5, 0.6) is 0 Å². The molecular weight excluding hydrogens is 615 g/mol. The highest BCUT2D eigenvalue weighted by Crippen LogP contribution is 2.41. The van der Waals surface area contributed by atoms with Gasteiger partial charge in [-0.15, -0.1) is 0 Å². The molecule has 0 spiro atoms. The molecule has 0 saturated carbocycles. The van der Waals surface area contributed by atoms with Gasteiger partial charge in [-0.3, -0.25) is 0 Å². The molecule has 3 heterocycles. The van der Waals surface area contributed by atoms with Crippen LogP contribution in [0.25, 0.3) is 100 Å². The Labute approximate surface area is 287 Å². The maximum absolute atomic E-state index is 6.49. The molecule has 10 rings (SSSR count). The largest absolute Gasteiger partial charge is 0.456 e. The van der Waals surface area contributed by atoms with Gasteiger partial charge in [-0.1, -0.05) is 140 Å². The lowest BCUT2D eigenvalue weighted by Crippen LogP contribution is -2.01. The SMILES string of the molecule is c1ccc(-c2ccccc2-c2ccccc2-c2nc(-c3cccc4c3oc3ccccc34)nc(-c3cccc4oc5ccccc5c34)n2)cc1. The summed E-state index contributed by atoms with van der Waals surface area (Å²) in [5.41, 5.74) is 10.1. The zero-order valence-corrected chi connectivity index (χ0v) is 26.7. The molecule has 0 N–H and O–H groups in total. The molecule has 10 aromatic rings. The van der Waals surface area contributed by atoms with Crippen LogP contribution in [0.4, 0.5) is 0 Å². The molecule has 3 aromatic heterocycles. The zero-order chi connectivity index (χ0) is 33.0. The number of fused-ring (bicyclic) bond motifs is 6. The highest BCUT2D eigenvalue weighted by molar-refractivity contribution is 6.12. The number of para-hydroxylation sites is 3. The maximum Gasteiger partial charge on any atom is 0.167 e. The summed E-state index contributed by atoms with van der Waals surface area (Å²) >= 11 is 0. The molecule has 0 radical (unpaired) electrons. The summed E-state index contributed by atoms with van der Waals surface area (Å²) in [7, 11) is 0. The Morgan fingerprint density at radius 1 is 0.300 bits per heavy atom. The van der Waals surface area contributed by atoms with Crippen molar-refractivity contribution in [1.29, 1.82) is 0 Å². The van der Waals surface area contributed by atoms with Crippen LogP contribution in [0.1, 0.15) is 0 Å². The minimum atomic E-state index is 0.533. The Hall–Kier alpha value is -6.85. The van der Waals surface area contributed by atoms with Crippen LogP contribution >= 0.6 is 0 Å². The molecule has 5 heteroatoms. The summed E-state index contributed by atoms with van der Waals surface area (Å²) < 4.78 is 12.8. The second-order valence-corrected chi connectivity index (χ2v) is 12.3. The van der Waals surface area contributed by atoms with Gasteiger partial charge in [0, 0.05) is 32.7 Å². The molecule has 5 nitrogen and oxygen atoms in total. The molecule has 0 unspecified atom stereocenters. The van der Waals surface area contributed by atoms with Crippen molar-refractivity contribution >= 4 is 43.9 Å². The fourth-order valence-electron chi connectivity index (χ4n) is 7.12. The summed E-state index contributed by atoms with van der Waals surface area (Å²) in [5.74, 6) is 1.66. The first kappa shape index (κ1) is 28.2. The van der Waals surface area contributed by atoms with Gasteiger partial charge in [-0.2, -0.15) is 0 Å². The number of furan rings is 2. The second kappa shape index (κ2) is 11.4. The summed E-state index contributed by atoms with van der Waals surface area (Å²) in [6, 6.07) is 55.7. The van der Waals surface area contributed by atoms with Gasteiger partial charge in [0.05, 0.1) is 5.56 Å². The van der Waals surface area contributed by atoms with Gasteiger partial charge >= 0.3 is 0 Å². The molecule has 0 saturated heterocycles. The van der Waals surface area contributed by atoms with E-state index >= 15 is 0 Å². The number of rotatable bonds is 5. The molecule has 0 fully saturated rings. The monoisotopic (exact) mass is 641 g/mol. The number of benzene rings is 7. The Bertz CT molecular complexity index is 2890. The van der Waals surface area contributed by atoms with Gasteiger partial charge in [0.15, 0.2) is 17.5 Å². The number of aromatic nitrogens is 3. The third-order valence-corrected chi connectivity index (χ3v) is 9.39. The Kier molecular flexibility index (Phi) is 6.42. The van der Waals surface area contributed by atoms with Crippen molar-refractivity contribution in [2.75, 3.05) is 0 Å². The minimum Gasteiger partial charge on any atom is -0.456 e. The van der Waals surface area contributed by atoms with E-state index in [0.29, 0.717) is 17.5 Å². The first-order chi connectivity index (χ1) is 24.8. The lowest BCUT2D eigenvalue weighted by Gasteiger charge is -2.15. The molecule has 234 valence electrons. The first-order valence-electron chi connectivity index (χ1n) is 16.6. The summed E-state index contributed by atoms with van der Waals surface area (Å²) in [5, 5.41) is 4.05. The van der Waals surface area contributed by atoms with E-state index in [-0.39, 0.29) is 0 Å². The van der Waals surface area contributed by atoms with E-state index in [9.17, 15) is 0 Å². The molecule has 7 aromatic carbocycles. The highest BCUT2D eigenvalue weighted by Gasteiger charge is 2.22. The van der Waals surface area contributed by atoms with Crippen molar-refractivity contribution in [3.05, 3.63) is 164 Å². The van der Waals surface area contributed by atoms with Crippen LogP contribution in [-0.4, -0.2) is 15.0 Å². The van der Waals surface area contributed by atoms with Gasteiger partial charge in [0.25, 0.3) is 0 Å². The van der Waals surface area contributed by atoms with Crippen molar-refractivity contribution in [3.63, 3.8) is 0 Å². The predicted octanol–water partition coefficient (Wildman–Crippen LogP) is 12.0. The Balaban J connectivity index is 1.26. The van der Waals surface area contributed by atoms with Crippen molar-refractivity contribution in [2.24, 2.45) is 0 Å². The fourth-order valence-corrected chi connectivity index (χ4v) is 7.12. The van der Waals surface area contributed by atoms with Gasteiger partial charge in [-0.05, 0) is 46.5 Å². The van der Waals surface area contributed by atoms with Crippen molar-refractivity contribution < 1.29 is 8.83 Å². The van der Waals surface area contributed by atoms with E-state index in [4.69, 9.17) is 23.8 Å². The summed E-state index contributed by atoms with van der Waals surface area (Å²) in [6.45, 7) is 0. The third-order valence-electron chi connectivity index (χ3n) is 9.39. The molecule has 0 aliphatic heterocycles. The predicted molar refractivity (Wildman–Crippen MR) is 202 cm³/mol. The maximum atomic E-state index is 6.49. The van der Waals surface area contributed by atoms with Gasteiger partial charge in [0.1, 0.15) is 22.3 Å². The van der Waals surface area contributed by atoms with Crippen LogP contribution in [-0.2, 0) is 0 Å². The summed E-state index contributed by atoms with van der Waals surface area (Å²) in [4.78, 5) is 15.7. The van der Waals surface area contributed by atoms with Gasteiger partial charge in [-0.25, -0.2) is 15.0 Å². The highest BCUT2D eigenvalue weighted by atomic mass is 16.3. The molecule has 0 atom stereocenters. The third kappa shape index (κ3) is 4.52. The van der Waals surface area contributed by atoms with Crippen molar-refractivity contribution in [3.8, 4) is 56.4 Å². The average molecular weight is 642 g/mol. The van der Waals surface area contributed by atoms with Crippen LogP contribution in [0, 0.1) is 0 Å². The molecule has 50 heavy (non-hydrogen) atoms. The van der Waals surface area contributed by atoms with Crippen LogP contribution in [0.15, 0.2) is 173 Å². The van der Waals surface area contributed by atoms with E-state index in [1.165, 1.54) is 0 Å². The molecular formula is C45H27N3O2. The van der Waals surface area contributed by atoms with E-state index in [1.807, 2.05) is 72.8 Å². The molecule has 0 aliphatic carbocycles. The standard InChI is InChI=1S/C45H27N3O2/c1-2-14-28(15-3-1)29-16-4-5-17-30(29)31-18-6-7-20-34(31)43-46-44(36-23-13-27-40-41(36)35-21-9-11-26-39(35)49-40)48-45(47-43)37-24-12-22-33-32-19-8-10-25-38(32)50-42(33)37/h1-27H. The molecule has 0 bridgehead atoms. The smallest absolute Gasteiger partial charge is 0.167 e. The number of hydrogen-bond acceptors (Lipinski definition) is 5. The van der Waals surface area contributed by atoms with E-state index in [1.54, 1.807) is 0 Å². The summed E-state index contributed by atoms with van der Waals surface area (Å²) in [6.07, 6.45) is 0. The first-order valence-corrected chi connectivity index (χ1v) is 16.6. The number of nitrogens with zero attached hydrogens (tertiary/aromatic N) is 3. The van der Waals surface area contributed by atoms with E-state index < -0.39 is 0 Å². The van der Waals surface area contributed by atoms with E-state index in [0.717, 1.165) is 82.8 Å². The van der Waals surface area contributed by atoms with Crippen molar-refractivity contribution in [2.45, 2.75) is 0 Å². The topological polar surface area (TPSA) is 65.0 Å². The zero-order valence-electron chi connectivity index (χ0n) is 26.7. The quantitative estimate of drug-likeness (QED) is 0.187. The second-order valence-electron chi connectivity index (χ2n) is 12.3.